The number of carbonyl (C=O) groups is 2. The van der Waals surface area contributed by atoms with Crippen LogP contribution in [0.4, 0.5) is 0 Å². The molecule has 2 aliphatic heterocycles. The monoisotopic (exact) mass is 500 g/mol. The summed E-state index contributed by atoms with van der Waals surface area (Å²) in [5.74, 6) is 2.90. The van der Waals surface area contributed by atoms with Crippen LogP contribution in [0, 0.1) is 35.5 Å². The topological polar surface area (TPSA) is 82.3 Å². The van der Waals surface area contributed by atoms with Crippen molar-refractivity contribution in [1.82, 2.24) is 21.3 Å². The van der Waals surface area contributed by atoms with Gasteiger partial charge in [-0.3, -0.25) is 9.59 Å². The van der Waals surface area contributed by atoms with Gasteiger partial charge in [0.15, 0.2) is 0 Å². The van der Waals surface area contributed by atoms with E-state index in [1.165, 1.54) is 0 Å². The first-order valence-electron chi connectivity index (χ1n) is 14.7. The Hall–Kier alpha value is -1.14. The van der Waals surface area contributed by atoms with Gasteiger partial charge in [-0.05, 0) is 130 Å². The molecule has 5 rings (SSSR count). The van der Waals surface area contributed by atoms with Gasteiger partial charge in [0, 0.05) is 46.1 Å². The summed E-state index contributed by atoms with van der Waals surface area (Å²) in [7, 11) is 0. The lowest BCUT2D eigenvalue weighted by atomic mass is 9.72. The van der Waals surface area contributed by atoms with Crippen LogP contribution in [0.1, 0.15) is 107 Å². The van der Waals surface area contributed by atoms with Crippen molar-refractivity contribution in [3.05, 3.63) is 0 Å². The highest BCUT2D eigenvalue weighted by Crippen LogP contribution is 2.63. The average molecular weight is 501 g/mol. The maximum atomic E-state index is 13.5. The second-order valence-corrected chi connectivity index (χ2v) is 15.9. The third-order valence-corrected chi connectivity index (χ3v) is 10.3. The van der Waals surface area contributed by atoms with E-state index in [0.29, 0.717) is 23.7 Å². The summed E-state index contributed by atoms with van der Waals surface area (Å²) in [5, 5.41) is 14.4. The highest BCUT2D eigenvalue weighted by Gasteiger charge is 2.60. The molecule has 6 nitrogen and oxygen atoms in total. The van der Waals surface area contributed by atoms with E-state index in [9.17, 15) is 9.59 Å². The van der Waals surface area contributed by atoms with E-state index in [-0.39, 0.29) is 57.9 Å². The van der Waals surface area contributed by atoms with E-state index in [0.717, 1.165) is 51.4 Å². The zero-order valence-electron chi connectivity index (χ0n) is 24.1. The molecule has 6 unspecified atom stereocenters. The molecule has 2 bridgehead atoms. The van der Waals surface area contributed by atoms with E-state index in [1.807, 2.05) is 0 Å². The molecule has 2 heterocycles. The largest absolute Gasteiger partial charge is 0.353 e. The van der Waals surface area contributed by atoms with E-state index in [2.05, 4.69) is 76.7 Å². The van der Waals surface area contributed by atoms with E-state index in [4.69, 9.17) is 0 Å². The zero-order valence-corrected chi connectivity index (χ0v) is 24.1. The second-order valence-electron chi connectivity index (χ2n) is 15.9. The Morgan fingerprint density at radius 1 is 0.611 bits per heavy atom. The molecule has 5 fully saturated rings. The fraction of sp³-hybridized carbons (Fsp3) is 0.933. The number of hydrogen-bond acceptors (Lipinski definition) is 4. The molecule has 0 aromatic rings. The van der Waals surface area contributed by atoms with Crippen LogP contribution < -0.4 is 21.3 Å². The molecule has 204 valence electrons. The molecule has 0 aromatic heterocycles. The predicted molar refractivity (Wildman–Crippen MR) is 144 cm³/mol. The molecule has 0 spiro atoms. The molecule has 0 aromatic carbocycles. The van der Waals surface area contributed by atoms with Crippen LogP contribution >= 0.6 is 0 Å². The Bertz CT molecular complexity index is 861. The van der Waals surface area contributed by atoms with Crippen LogP contribution in [0.15, 0.2) is 0 Å². The lowest BCUT2D eigenvalue weighted by Crippen LogP contribution is -2.62. The average Bonchev–Trinajstić information content (AvgIpc) is 3.35. The molecule has 6 heteroatoms. The van der Waals surface area contributed by atoms with Crippen LogP contribution in [0.2, 0.25) is 0 Å². The van der Waals surface area contributed by atoms with Gasteiger partial charge in [0.25, 0.3) is 0 Å². The van der Waals surface area contributed by atoms with Gasteiger partial charge in [-0.2, -0.15) is 0 Å². The minimum atomic E-state index is 0.0315. The van der Waals surface area contributed by atoms with Crippen LogP contribution in [0.3, 0.4) is 0 Å². The van der Waals surface area contributed by atoms with Crippen molar-refractivity contribution in [2.45, 2.75) is 141 Å². The quantitative estimate of drug-likeness (QED) is 0.468. The van der Waals surface area contributed by atoms with Gasteiger partial charge in [-0.1, -0.05) is 0 Å². The Morgan fingerprint density at radius 2 is 1.06 bits per heavy atom. The Kier molecular flexibility index (Phi) is 6.39. The maximum absolute atomic E-state index is 13.5. The van der Waals surface area contributed by atoms with Crippen molar-refractivity contribution in [2.24, 2.45) is 35.5 Å². The Labute approximate surface area is 219 Å². The SMILES string of the molecule is CC1(C)CC(NC(=O)C2CC3CC2C2CCC(C(=O)NC4CC(C)(C)NC(C)(C)C4)C32)CC(C)(C)N1. The summed E-state index contributed by atoms with van der Waals surface area (Å²) >= 11 is 0. The van der Waals surface area contributed by atoms with Crippen molar-refractivity contribution in [3.63, 3.8) is 0 Å². The highest BCUT2D eigenvalue weighted by molar-refractivity contribution is 5.81. The molecular formula is C30H52N4O2. The normalized spacial score (nSPS) is 40.6. The minimum absolute atomic E-state index is 0.0315. The number of hydrogen-bond donors (Lipinski definition) is 4. The van der Waals surface area contributed by atoms with Gasteiger partial charge in [0.1, 0.15) is 0 Å². The molecule has 2 amide bonds. The number of nitrogens with one attached hydrogen (secondary N) is 4. The van der Waals surface area contributed by atoms with Gasteiger partial charge >= 0.3 is 0 Å². The first-order chi connectivity index (χ1) is 16.5. The van der Waals surface area contributed by atoms with E-state index >= 15 is 0 Å². The third kappa shape index (κ3) is 5.23. The van der Waals surface area contributed by atoms with Gasteiger partial charge in [0.05, 0.1) is 0 Å². The highest BCUT2D eigenvalue weighted by atomic mass is 16.2. The standard InChI is InChI=1S/C30H52N4O2/c1-27(2)13-18(14-28(3,4)33-27)31-25(35)21-10-9-20-22-11-17(24(20)21)12-23(22)26(36)32-19-15-29(5,6)34-30(7,8)16-19/h17-24,33-34H,9-16H2,1-8H3,(H,31,35)(H,32,36). The molecule has 6 atom stereocenters. The van der Waals surface area contributed by atoms with Crippen molar-refractivity contribution in [1.29, 1.82) is 0 Å². The molecule has 36 heavy (non-hydrogen) atoms. The molecule has 4 N–H and O–H groups in total. The fourth-order valence-corrected chi connectivity index (χ4v) is 10.2. The lowest BCUT2D eigenvalue weighted by molar-refractivity contribution is -0.130. The summed E-state index contributed by atoms with van der Waals surface area (Å²) < 4.78 is 0. The summed E-state index contributed by atoms with van der Waals surface area (Å²) in [6.07, 6.45) is 8.13. The van der Waals surface area contributed by atoms with Crippen molar-refractivity contribution in [2.75, 3.05) is 0 Å². The van der Waals surface area contributed by atoms with E-state index in [1.54, 1.807) is 0 Å². The molecule has 5 aliphatic rings. The number of fused-ring (bicyclic) bond motifs is 5. The molecule has 3 saturated carbocycles. The summed E-state index contributed by atoms with van der Waals surface area (Å²) in [6, 6.07) is 0.470. The minimum Gasteiger partial charge on any atom is -0.353 e. The van der Waals surface area contributed by atoms with Gasteiger partial charge in [-0.15, -0.1) is 0 Å². The van der Waals surface area contributed by atoms with Gasteiger partial charge in [-0.25, -0.2) is 0 Å². The Morgan fingerprint density at radius 3 is 1.53 bits per heavy atom. The van der Waals surface area contributed by atoms with Crippen molar-refractivity contribution >= 4 is 11.8 Å². The van der Waals surface area contributed by atoms with E-state index < -0.39 is 0 Å². The molecular weight excluding hydrogens is 448 g/mol. The predicted octanol–water partition coefficient (Wildman–Crippen LogP) is 4.14. The summed E-state index contributed by atoms with van der Waals surface area (Å²) in [4.78, 5) is 27.0. The van der Waals surface area contributed by atoms with Crippen LogP contribution in [-0.2, 0) is 9.59 Å². The summed E-state index contributed by atoms with van der Waals surface area (Å²) in [6.45, 7) is 17.9. The van der Waals surface area contributed by atoms with Gasteiger partial charge in [0.2, 0.25) is 11.8 Å². The zero-order chi connectivity index (χ0) is 26.3. The third-order valence-electron chi connectivity index (χ3n) is 10.3. The second kappa shape index (κ2) is 8.69. The fourth-order valence-electron chi connectivity index (χ4n) is 10.2. The van der Waals surface area contributed by atoms with Crippen LogP contribution in [0.5, 0.6) is 0 Å². The van der Waals surface area contributed by atoms with Crippen molar-refractivity contribution in [3.8, 4) is 0 Å². The summed E-state index contributed by atoms with van der Waals surface area (Å²) in [5.41, 5.74) is 0.127. The first kappa shape index (κ1) is 26.5. The lowest BCUT2D eigenvalue weighted by Gasteiger charge is -2.47. The van der Waals surface area contributed by atoms with Crippen LogP contribution in [-0.4, -0.2) is 46.1 Å². The number of piperidine rings is 2. The molecule has 2 saturated heterocycles. The van der Waals surface area contributed by atoms with Crippen molar-refractivity contribution < 1.29 is 9.59 Å². The van der Waals surface area contributed by atoms with Gasteiger partial charge < -0.3 is 21.3 Å². The maximum Gasteiger partial charge on any atom is 0.223 e. The molecule has 3 aliphatic carbocycles. The first-order valence-corrected chi connectivity index (χ1v) is 14.7. The Balaban J connectivity index is 1.19. The smallest absolute Gasteiger partial charge is 0.223 e. The molecule has 0 radical (unpaired) electrons. The number of rotatable bonds is 4. The van der Waals surface area contributed by atoms with Crippen LogP contribution in [0.25, 0.3) is 0 Å². The number of carbonyl (C=O) groups excluding carboxylic acids is 2. The number of amides is 2.